The van der Waals surface area contributed by atoms with Gasteiger partial charge in [0.25, 0.3) is 0 Å². The number of piperazine rings is 1. The quantitative estimate of drug-likeness (QED) is 0.935. The van der Waals surface area contributed by atoms with Gasteiger partial charge in [-0.2, -0.15) is 5.10 Å². The van der Waals surface area contributed by atoms with Crippen molar-refractivity contribution < 1.29 is 0 Å². The van der Waals surface area contributed by atoms with E-state index in [4.69, 9.17) is 0 Å². The lowest BCUT2D eigenvalue weighted by Crippen LogP contribution is -2.51. The molecular formula is C17H24N4. The summed E-state index contributed by atoms with van der Waals surface area (Å²) in [7, 11) is 1.98. The Kier molecular flexibility index (Phi) is 4.36. The Hall–Kier alpha value is -1.65. The molecule has 21 heavy (non-hydrogen) atoms. The zero-order chi connectivity index (χ0) is 14.7. The molecule has 1 aliphatic heterocycles. The molecule has 2 heterocycles. The Morgan fingerprint density at radius 2 is 2.10 bits per heavy atom. The molecule has 1 aromatic heterocycles. The van der Waals surface area contributed by atoms with Crippen LogP contribution in [0.5, 0.6) is 0 Å². The largest absolute Gasteiger partial charge is 0.311 e. The van der Waals surface area contributed by atoms with E-state index in [9.17, 15) is 0 Å². The van der Waals surface area contributed by atoms with Crippen molar-refractivity contribution in [3.63, 3.8) is 0 Å². The second-order valence-corrected chi connectivity index (χ2v) is 5.89. The minimum absolute atomic E-state index is 0.439. The van der Waals surface area contributed by atoms with Gasteiger partial charge in [0.15, 0.2) is 0 Å². The third-order valence-corrected chi connectivity index (χ3v) is 4.32. The highest BCUT2D eigenvalue weighted by molar-refractivity contribution is 5.21. The van der Waals surface area contributed by atoms with Crippen LogP contribution >= 0.6 is 0 Å². The molecule has 112 valence electrons. The van der Waals surface area contributed by atoms with Gasteiger partial charge in [-0.25, -0.2) is 0 Å². The monoisotopic (exact) mass is 284 g/mol. The maximum atomic E-state index is 4.29. The maximum Gasteiger partial charge on any atom is 0.0534 e. The molecule has 2 unspecified atom stereocenters. The zero-order valence-electron chi connectivity index (χ0n) is 12.9. The maximum absolute atomic E-state index is 4.29. The number of hydrogen-bond acceptors (Lipinski definition) is 3. The van der Waals surface area contributed by atoms with Gasteiger partial charge < -0.3 is 5.32 Å². The van der Waals surface area contributed by atoms with E-state index < -0.39 is 0 Å². The first-order valence-corrected chi connectivity index (χ1v) is 7.76. The fourth-order valence-electron chi connectivity index (χ4n) is 3.12. The summed E-state index contributed by atoms with van der Waals surface area (Å²) in [4.78, 5) is 2.58. The van der Waals surface area contributed by atoms with Crippen LogP contribution in [-0.2, 0) is 13.6 Å². The van der Waals surface area contributed by atoms with Crippen LogP contribution in [-0.4, -0.2) is 33.8 Å². The van der Waals surface area contributed by atoms with E-state index in [1.165, 1.54) is 17.5 Å². The van der Waals surface area contributed by atoms with Crippen molar-refractivity contribution >= 4 is 0 Å². The normalized spacial score (nSPS) is 23.3. The molecule has 1 aliphatic rings. The Morgan fingerprint density at radius 1 is 1.29 bits per heavy atom. The van der Waals surface area contributed by atoms with Crippen molar-refractivity contribution in [3.05, 3.63) is 53.9 Å². The van der Waals surface area contributed by atoms with Crippen LogP contribution in [0.1, 0.15) is 30.5 Å². The van der Waals surface area contributed by atoms with Crippen molar-refractivity contribution in [2.45, 2.75) is 32.0 Å². The van der Waals surface area contributed by atoms with Gasteiger partial charge in [-0.15, -0.1) is 0 Å². The molecule has 4 heteroatoms. The number of nitrogens with zero attached hydrogens (tertiary/aromatic N) is 3. The second-order valence-electron chi connectivity index (χ2n) is 5.89. The molecule has 2 aromatic rings. The Balaban J connectivity index is 1.80. The van der Waals surface area contributed by atoms with Crippen LogP contribution in [0, 0.1) is 0 Å². The first-order chi connectivity index (χ1) is 10.3. The summed E-state index contributed by atoms with van der Waals surface area (Å²) in [6.45, 7) is 5.32. The molecule has 0 aliphatic carbocycles. The van der Waals surface area contributed by atoms with Crippen molar-refractivity contribution in [2.24, 2.45) is 7.05 Å². The van der Waals surface area contributed by atoms with E-state index in [2.05, 4.69) is 58.8 Å². The number of aryl methyl sites for hydroxylation is 1. The van der Waals surface area contributed by atoms with Crippen LogP contribution in [0.3, 0.4) is 0 Å². The summed E-state index contributed by atoms with van der Waals surface area (Å²) in [6, 6.07) is 11.8. The van der Waals surface area contributed by atoms with Crippen molar-refractivity contribution in [1.82, 2.24) is 20.0 Å². The minimum atomic E-state index is 0.439. The Bertz CT molecular complexity index is 563. The third-order valence-electron chi connectivity index (χ3n) is 4.32. The van der Waals surface area contributed by atoms with Crippen LogP contribution in [0.25, 0.3) is 0 Å². The average molecular weight is 284 g/mol. The van der Waals surface area contributed by atoms with Gasteiger partial charge in [0.05, 0.1) is 6.20 Å². The van der Waals surface area contributed by atoms with Gasteiger partial charge in [-0.1, -0.05) is 37.3 Å². The van der Waals surface area contributed by atoms with E-state index in [0.717, 1.165) is 19.6 Å². The molecule has 0 spiro atoms. The summed E-state index contributed by atoms with van der Waals surface area (Å²) in [5.74, 6) is 0. The van der Waals surface area contributed by atoms with Crippen molar-refractivity contribution in [1.29, 1.82) is 0 Å². The summed E-state index contributed by atoms with van der Waals surface area (Å²) >= 11 is 0. The van der Waals surface area contributed by atoms with E-state index in [1.807, 2.05) is 17.9 Å². The lowest BCUT2D eigenvalue weighted by molar-refractivity contribution is 0.121. The Labute approximate surface area is 126 Å². The Morgan fingerprint density at radius 3 is 2.76 bits per heavy atom. The van der Waals surface area contributed by atoms with Crippen LogP contribution < -0.4 is 5.32 Å². The first-order valence-electron chi connectivity index (χ1n) is 7.76. The van der Waals surface area contributed by atoms with Gasteiger partial charge >= 0.3 is 0 Å². The molecule has 1 fully saturated rings. The molecule has 0 bridgehead atoms. The van der Waals surface area contributed by atoms with E-state index in [-0.39, 0.29) is 0 Å². The van der Waals surface area contributed by atoms with Crippen LogP contribution in [0.15, 0.2) is 42.7 Å². The predicted octanol–water partition coefficient (Wildman–Crippen LogP) is 2.35. The second kappa shape index (κ2) is 6.41. The van der Waals surface area contributed by atoms with E-state index in [0.29, 0.717) is 12.1 Å². The molecule has 4 nitrogen and oxygen atoms in total. The number of nitrogens with one attached hydrogen (secondary N) is 1. The standard InChI is InChI=1S/C17H24N4/c1-3-16-13-21(12-14-9-19-20(2)11-14)17(10-18-16)15-7-5-4-6-8-15/h4-9,11,16-18H,3,10,12-13H2,1-2H3. The van der Waals surface area contributed by atoms with Crippen molar-refractivity contribution in [2.75, 3.05) is 13.1 Å². The number of rotatable bonds is 4. The zero-order valence-corrected chi connectivity index (χ0v) is 12.9. The lowest BCUT2D eigenvalue weighted by atomic mass is 9.99. The molecular weight excluding hydrogens is 260 g/mol. The van der Waals surface area contributed by atoms with Crippen LogP contribution in [0.2, 0.25) is 0 Å². The highest BCUT2D eigenvalue weighted by Gasteiger charge is 2.28. The molecule has 0 radical (unpaired) electrons. The number of benzene rings is 1. The average Bonchev–Trinajstić information content (AvgIpc) is 2.93. The summed E-state index contributed by atoms with van der Waals surface area (Å²) in [5.41, 5.74) is 2.68. The third kappa shape index (κ3) is 3.34. The predicted molar refractivity (Wildman–Crippen MR) is 84.9 cm³/mol. The molecule has 1 N–H and O–H groups in total. The van der Waals surface area contributed by atoms with E-state index in [1.54, 1.807) is 0 Å². The smallest absolute Gasteiger partial charge is 0.0534 e. The van der Waals surface area contributed by atoms with Crippen LogP contribution in [0.4, 0.5) is 0 Å². The number of aromatic nitrogens is 2. The van der Waals surface area contributed by atoms with Crippen molar-refractivity contribution in [3.8, 4) is 0 Å². The van der Waals surface area contributed by atoms with E-state index >= 15 is 0 Å². The number of hydrogen-bond donors (Lipinski definition) is 1. The fourth-order valence-corrected chi connectivity index (χ4v) is 3.12. The molecule has 0 saturated carbocycles. The van der Waals surface area contributed by atoms with Gasteiger partial charge in [0, 0.05) is 50.5 Å². The van der Waals surface area contributed by atoms with Gasteiger partial charge in [-0.3, -0.25) is 9.58 Å². The molecule has 0 amide bonds. The van der Waals surface area contributed by atoms with Gasteiger partial charge in [0.1, 0.15) is 0 Å². The summed E-state index contributed by atoms with van der Waals surface area (Å²) < 4.78 is 1.88. The molecule has 2 atom stereocenters. The molecule has 3 rings (SSSR count). The van der Waals surface area contributed by atoms with Gasteiger partial charge in [0.2, 0.25) is 0 Å². The summed E-state index contributed by atoms with van der Waals surface area (Å²) in [5, 5.41) is 7.97. The highest BCUT2D eigenvalue weighted by Crippen LogP contribution is 2.25. The SMILES string of the molecule is CCC1CN(Cc2cnn(C)c2)C(c2ccccc2)CN1. The molecule has 1 saturated heterocycles. The fraction of sp³-hybridized carbons (Fsp3) is 0.471. The topological polar surface area (TPSA) is 33.1 Å². The first kappa shape index (κ1) is 14.3. The van der Waals surface area contributed by atoms with Gasteiger partial charge in [-0.05, 0) is 12.0 Å². The lowest BCUT2D eigenvalue weighted by Gasteiger charge is -2.40. The highest BCUT2D eigenvalue weighted by atomic mass is 15.3. The molecule has 1 aromatic carbocycles. The summed E-state index contributed by atoms with van der Waals surface area (Å²) in [6.07, 6.45) is 5.27. The minimum Gasteiger partial charge on any atom is -0.311 e.